The summed E-state index contributed by atoms with van der Waals surface area (Å²) < 4.78 is 7.68. The second kappa shape index (κ2) is 4.02. The lowest BCUT2D eigenvalue weighted by Gasteiger charge is -2.32. The van der Waals surface area contributed by atoms with E-state index in [-0.39, 0.29) is 5.60 Å². The van der Waals surface area contributed by atoms with E-state index in [0.717, 1.165) is 29.7 Å². The van der Waals surface area contributed by atoms with Crippen LogP contribution in [-0.2, 0) is 13.5 Å². The Morgan fingerprint density at radius 3 is 2.84 bits per heavy atom. The number of nitrogen functional groups attached to an aromatic ring is 1. The Balaban J connectivity index is 2.01. The van der Waals surface area contributed by atoms with Crippen molar-refractivity contribution < 1.29 is 4.74 Å². The van der Waals surface area contributed by atoms with Crippen molar-refractivity contribution in [3.63, 3.8) is 0 Å². The van der Waals surface area contributed by atoms with Crippen LogP contribution in [0.25, 0.3) is 11.1 Å². The SMILES string of the molecule is Cn1ncc(-c2ccc3c(c2)CCC(C)(C)O3)c1N. The van der Waals surface area contributed by atoms with Gasteiger partial charge >= 0.3 is 0 Å². The fraction of sp³-hybridized carbons (Fsp3) is 0.400. The summed E-state index contributed by atoms with van der Waals surface area (Å²) in [6.45, 7) is 4.26. The van der Waals surface area contributed by atoms with Crippen LogP contribution < -0.4 is 10.5 Å². The first-order valence-corrected chi connectivity index (χ1v) is 6.56. The smallest absolute Gasteiger partial charge is 0.129 e. The number of fused-ring (bicyclic) bond motifs is 1. The standard InChI is InChI=1S/C15H19N3O/c1-15(2)7-6-11-8-10(4-5-13(11)19-15)12-9-17-18(3)14(12)16/h4-5,8-9H,6-7,16H2,1-3H3. The van der Waals surface area contributed by atoms with E-state index in [2.05, 4.69) is 25.0 Å². The molecule has 1 aromatic carbocycles. The van der Waals surface area contributed by atoms with Gasteiger partial charge in [-0.1, -0.05) is 6.07 Å². The summed E-state index contributed by atoms with van der Waals surface area (Å²) in [5.74, 6) is 1.68. The van der Waals surface area contributed by atoms with Crippen LogP contribution in [-0.4, -0.2) is 15.4 Å². The maximum absolute atomic E-state index is 6.02. The molecule has 0 aliphatic carbocycles. The third kappa shape index (κ3) is 2.07. The van der Waals surface area contributed by atoms with Gasteiger partial charge in [-0.05, 0) is 49.9 Å². The summed E-state index contributed by atoms with van der Waals surface area (Å²) in [7, 11) is 1.85. The third-order valence-corrected chi connectivity index (χ3v) is 3.74. The molecule has 0 atom stereocenters. The maximum Gasteiger partial charge on any atom is 0.129 e. The Bertz CT molecular complexity index is 628. The zero-order valence-corrected chi connectivity index (χ0v) is 11.6. The molecular weight excluding hydrogens is 238 g/mol. The number of benzene rings is 1. The van der Waals surface area contributed by atoms with E-state index in [1.165, 1.54) is 5.56 Å². The van der Waals surface area contributed by atoms with Crippen LogP contribution in [0.4, 0.5) is 5.82 Å². The van der Waals surface area contributed by atoms with Crippen molar-refractivity contribution in [1.29, 1.82) is 0 Å². The number of rotatable bonds is 1. The van der Waals surface area contributed by atoms with Gasteiger partial charge in [0.2, 0.25) is 0 Å². The summed E-state index contributed by atoms with van der Waals surface area (Å²) >= 11 is 0. The predicted octanol–water partition coefficient (Wildman–Crippen LogP) is 2.77. The van der Waals surface area contributed by atoms with Gasteiger partial charge in [-0.3, -0.25) is 4.68 Å². The highest BCUT2D eigenvalue weighted by molar-refractivity contribution is 5.74. The Kier molecular flexibility index (Phi) is 2.55. The molecular formula is C15H19N3O. The summed E-state index contributed by atoms with van der Waals surface area (Å²) in [4.78, 5) is 0. The molecule has 100 valence electrons. The topological polar surface area (TPSA) is 53.1 Å². The van der Waals surface area contributed by atoms with E-state index in [1.807, 2.05) is 25.4 Å². The minimum Gasteiger partial charge on any atom is -0.488 e. The molecule has 2 aromatic rings. The molecule has 0 spiro atoms. The molecule has 2 heterocycles. The Hall–Kier alpha value is -1.97. The second-order valence-electron chi connectivity index (χ2n) is 5.75. The number of hydrogen-bond donors (Lipinski definition) is 1. The molecule has 3 rings (SSSR count). The molecule has 1 aliphatic rings. The van der Waals surface area contributed by atoms with E-state index in [4.69, 9.17) is 10.5 Å². The summed E-state index contributed by atoms with van der Waals surface area (Å²) in [5, 5.41) is 4.19. The Morgan fingerprint density at radius 1 is 1.37 bits per heavy atom. The first-order valence-electron chi connectivity index (χ1n) is 6.56. The fourth-order valence-corrected chi connectivity index (χ4v) is 2.50. The summed E-state index contributed by atoms with van der Waals surface area (Å²) in [5.41, 5.74) is 9.29. The van der Waals surface area contributed by atoms with Crippen molar-refractivity contribution in [2.24, 2.45) is 7.05 Å². The van der Waals surface area contributed by atoms with E-state index in [0.29, 0.717) is 5.82 Å². The highest BCUT2D eigenvalue weighted by atomic mass is 16.5. The van der Waals surface area contributed by atoms with Gasteiger partial charge in [0, 0.05) is 12.6 Å². The van der Waals surface area contributed by atoms with Gasteiger partial charge in [-0.15, -0.1) is 0 Å². The molecule has 2 N–H and O–H groups in total. The fourth-order valence-electron chi connectivity index (χ4n) is 2.50. The molecule has 1 aromatic heterocycles. The minimum absolute atomic E-state index is 0.0676. The van der Waals surface area contributed by atoms with Gasteiger partial charge < -0.3 is 10.5 Å². The lowest BCUT2D eigenvalue weighted by molar-refractivity contribution is 0.0847. The van der Waals surface area contributed by atoms with E-state index in [9.17, 15) is 0 Å². The predicted molar refractivity (Wildman–Crippen MR) is 76.1 cm³/mol. The minimum atomic E-state index is -0.0676. The molecule has 19 heavy (non-hydrogen) atoms. The zero-order valence-electron chi connectivity index (χ0n) is 11.6. The monoisotopic (exact) mass is 257 g/mol. The average molecular weight is 257 g/mol. The number of anilines is 1. The molecule has 0 bridgehead atoms. The molecule has 0 radical (unpaired) electrons. The molecule has 0 fully saturated rings. The number of aromatic nitrogens is 2. The molecule has 0 unspecified atom stereocenters. The number of ether oxygens (including phenoxy) is 1. The lowest BCUT2D eigenvalue weighted by Crippen LogP contribution is -2.32. The molecule has 0 amide bonds. The van der Waals surface area contributed by atoms with Crippen molar-refractivity contribution in [3.8, 4) is 16.9 Å². The quantitative estimate of drug-likeness (QED) is 0.854. The van der Waals surface area contributed by atoms with Gasteiger partial charge in [0.05, 0.1) is 6.20 Å². The van der Waals surface area contributed by atoms with Crippen LogP contribution in [0.3, 0.4) is 0 Å². The average Bonchev–Trinajstić information content (AvgIpc) is 2.69. The van der Waals surface area contributed by atoms with Crippen LogP contribution in [0, 0.1) is 0 Å². The van der Waals surface area contributed by atoms with E-state index < -0.39 is 0 Å². The van der Waals surface area contributed by atoms with Gasteiger partial charge in [-0.25, -0.2) is 0 Å². The van der Waals surface area contributed by atoms with Gasteiger partial charge in [-0.2, -0.15) is 5.10 Å². The highest BCUT2D eigenvalue weighted by Gasteiger charge is 2.26. The van der Waals surface area contributed by atoms with Gasteiger partial charge in [0.25, 0.3) is 0 Å². The molecule has 1 aliphatic heterocycles. The third-order valence-electron chi connectivity index (χ3n) is 3.74. The molecule has 0 saturated heterocycles. The highest BCUT2D eigenvalue weighted by Crippen LogP contribution is 2.36. The van der Waals surface area contributed by atoms with Crippen molar-refractivity contribution in [2.75, 3.05) is 5.73 Å². The Morgan fingerprint density at radius 2 is 2.16 bits per heavy atom. The largest absolute Gasteiger partial charge is 0.488 e. The van der Waals surface area contributed by atoms with Gasteiger partial charge in [0.15, 0.2) is 0 Å². The van der Waals surface area contributed by atoms with Crippen LogP contribution in [0.1, 0.15) is 25.8 Å². The molecule has 0 saturated carbocycles. The van der Waals surface area contributed by atoms with E-state index >= 15 is 0 Å². The summed E-state index contributed by atoms with van der Waals surface area (Å²) in [6.07, 6.45) is 3.88. The van der Waals surface area contributed by atoms with E-state index in [1.54, 1.807) is 4.68 Å². The number of aryl methyl sites for hydroxylation is 2. The van der Waals surface area contributed by atoms with Crippen LogP contribution in [0.15, 0.2) is 24.4 Å². The number of nitrogens with two attached hydrogens (primary N) is 1. The summed E-state index contributed by atoms with van der Waals surface area (Å²) in [6, 6.07) is 6.25. The lowest BCUT2D eigenvalue weighted by atomic mass is 9.92. The number of hydrogen-bond acceptors (Lipinski definition) is 3. The normalized spacial score (nSPS) is 16.8. The Labute approximate surface area is 113 Å². The van der Waals surface area contributed by atoms with Gasteiger partial charge in [0.1, 0.15) is 17.2 Å². The second-order valence-corrected chi connectivity index (χ2v) is 5.75. The molecule has 4 heteroatoms. The van der Waals surface area contributed by atoms with Crippen molar-refractivity contribution in [2.45, 2.75) is 32.3 Å². The van der Waals surface area contributed by atoms with Crippen molar-refractivity contribution >= 4 is 5.82 Å². The van der Waals surface area contributed by atoms with Crippen LogP contribution in [0.5, 0.6) is 5.75 Å². The zero-order chi connectivity index (χ0) is 13.6. The van der Waals surface area contributed by atoms with Crippen molar-refractivity contribution in [3.05, 3.63) is 30.0 Å². The van der Waals surface area contributed by atoms with Crippen LogP contribution in [0.2, 0.25) is 0 Å². The van der Waals surface area contributed by atoms with Crippen molar-refractivity contribution in [1.82, 2.24) is 9.78 Å². The first kappa shape index (κ1) is 12.1. The number of nitrogens with zero attached hydrogens (tertiary/aromatic N) is 2. The molecule has 4 nitrogen and oxygen atoms in total. The maximum atomic E-state index is 6.02. The first-order chi connectivity index (χ1) is 8.96. The van der Waals surface area contributed by atoms with Crippen LogP contribution >= 0.6 is 0 Å².